The van der Waals surface area contributed by atoms with Gasteiger partial charge in [-0.1, -0.05) is 6.42 Å². The van der Waals surface area contributed by atoms with Gasteiger partial charge in [0.05, 0.1) is 12.1 Å². The van der Waals surface area contributed by atoms with Crippen LogP contribution in [0, 0.1) is 12.7 Å². The zero-order chi connectivity index (χ0) is 22.7. The highest BCUT2D eigenvalue weighted by atomic mass is 32.2. The van der Waals surface area contributed by atoms with Crippen LogP contribution in [0.25, 0.3) is 0 Å². The second kappa shape index (κ2) is 9.70. The molecule has 1 saturated carbocycles. The highest BCUT2D eigenvalue weighted by Gasteiger charge is 2.38. The first-order valence-electron chi connectivity index (χ1n) is 11.1. The van der Waals surface area contributed by atoms with Crippen molar-refractivity contribution in [3.05, 3.63) is 47.9 Å². The van der Waals surface area contributed by atoms with Crippen LogP contribution in [0.2, 0.25) is 0 Å². The van der Waals surface area contributed by atoms with Crippen LogP contribution in [0.3, 0.4) is 0 Å². The van der Waals surface area contributed by atoms with Crippen molar-refractivity contribution in [1.29, 1.82) is 0 Å². The molecule has 9 heteroatoms. The van der Waals surface area contributed by atoms with Crippen molar-refractivity contribution in [2.45, 2.75) is 68.5 Å². The standard InChI is InChI=1S/C23H29F2N3O3S/c1-16-8-13-22(32(29,30)28-14-4-5-18(28)15-24)23(26-16)27-20-6-2-3-7-21(20)31-19-11-9-17(25)10-12-19/h8-13,18,20-21H,2-7,14-15H2,1H3,(H,26,27)/t18-,20-,21+/m1/s1. The summed E-state index contributed by atoms with van der Waals surface area (Å²) in [6.45, 7) is 1.41. The molecule has 1 aromatic carbocycles. The van der Waals surface area contributed by atoms with Gasteiger partial charge in [-0.05, 0) is 75.4 Å². The van der Waals surface area contributed by atoms with E-state index in [1.807, 2.05) is 0 Å². The van der Waals surface area contributed by atoms with E-state index < -0.39 is 22.7 Å². The van der Waals surface area contributed by atoms with Crippen LogP contribution >= 0.6 is 0 Å². The summed E-state index contributed by atoms with van der Waals surface area (Å²) in [7, 11) is -3.89. The first-order chi connectivity index (χ1) is 15.4. The predicted molar refractivity (Wildman–Crippen MR) is 119 cm³/mol. The first kappa shape index (κ1) is 22.9. The zero-order valence-electron chi connectivity index (χ0n) is 18.1. The molecular formula is C23H29F2N3O3S. The molecule has 1 saturated heterocycles. The van der Waals surface area contributed by atoms with Crippen molar-refractivity contribution >= 4 is 15.8 Å². The number of rotatable bonds is 7. The summed E-state index contributed by atoms with van der Waals surface area (Å²) in [5.41, 5.74) is 0.682. The van der Waals surface area contributed by atoms with E-state index in [-0.39, 0.29) is 28.7 Å². The third kappa shape index (κ3) is 4.88. The predicted octanol–water partition coefficient (Wildman–Crippen LogP) is 4.45. The van der Waals surface area contributed by atoms with Crippen molar-refractivity contribution in [2.24, 2.45) is 0 Å². The van der Waals surface area contributed by atoms with Gasteiger partial charge in [0, 0.05) is 12.2 Å². The van der Waals surface area contributed by atoms with Crippen molar-refractivity contribution < 1.29 is 21.9 Å². The molecule has 3 atom stereocenters. The van der Waals surface area contributed by atoms with Gasteiger partial charge in [-0.15, -0.1) is 0 Å². The molecule has 2 fully saturated rings. The summed E-state index contributed by atoms with van der Waals surface area (Å²) >= 11 is 0. The Hall–Kier alpha value is -2.26. The van der Waals surface area contributed by atoms with E-state index in [4.69, 9.17) is 4.74 Å². The summed E-state index contributed by atoms with van der Waals surface area (Å²) in [4.78, 5) is 4.56. The maximum Gasteiger partial charge on any atom is 0.247 e. The number of halogens is 2. The van der Waals surface area contributed by atoms with Gasteiger partial charge in [0.2, 0.25) is 10.0 Å². The van der Waals surface area contributed by atoms with Crippen LogP contribution in [-0.4, -0.2) is 49.1 Å². The maximum absolute atomic E-state index is 13.4. The zero-order valence-corrected chi connectivity index (χ0v) is 19.0. The molecule has 2 heterocycles. The molecule has 0 bridgehead atoms. The second-order valence-electron chi connectivity index (χ2n) is 8.51. The van der Waals surface area contributed by atoms with Gasteiger partial charge in [0.25, 0.3) is 0 Å². The minimum Gasteiger partial charge on any atom is -0.488 e. The Morgan fingerprint density at radius 1 is 1.09 bits per heavy atom. The summed E-state index contributed by atoms with van der Waals surface area (Å²) in [5, 5.41) is 3.32. The molecule has 0 spiro atoms. The minimum absolute atomic E-state index is 0.0644. The number of nitrogens with one attached hydrogen (secondary N) is 1. The number of anilines is 1. The Bertz CT molecular complexity index is 1030. The molecule has 1 aliphatic heterocycles. The van der Waals surface area contributed by atoms with E-state index >= 15 is 0 Å². The molecule has 6 nitrogen and oxygen atoms in total. The number of hydrogen-bond acceptors (Lipinski definition) is 5. The van der Waals surface area contributed by atoms with E-state index in [9.17, 15) is 17.2 Å². The van der Waals surface area contributed by atoms with Crippen LogP contribution in [0.1, 0.15) is 44.2 Å². The number of nitrogens with zero attached hydrogens (tertiary/aromatic N) is 2. The molecular weight excluding hydrogens is 436 g/mol. The Balaban J connectivity index is 1.60. The molecule has 0 amide bonds. The van der Waals surface area contributed by atoms with E-state index in [0.717, 1.165) is 25.7 Å². The van der Waals surface area contributed by atoms with Crippen LogP contribution in [-0.2, 0) is 10.0 Å². The quantitative estimate of drug-likeness (QED) is 0.654. The number of hydrogen-bond donors (Lipinski definition) is 1. The minimum atomic E-state index is -3.89. The molecule has 0 radical (unpaired) electrons. The monoisotopic (exact) mass is 465 g/mol. The third-order valence-electron chi connectivity index (χ3n) is 6.21. The lowest BCUT2D eigenvalue weighted by molar-refractivity contribution is 0.140. The van der Waals surface area contributed by atoms with Gasteiger partial charge in [0.1, 0.15) is 35.1 Å². The van der Waals surface area contributed by atoms with E-state index in [1.54, 1.807) is 31.2 Å². The highest BCUT2D eigenvalue weighted by Crippen LogP contribution is 2.32. The molecule has 2 aliphatic rings. The molecule has 32 heavy (non-hydrogen) atoms. The van der Waals surface area contributed by atoms with Crippen molar-refractivity contribution in [1.82, 2.24) is 9.29 Å². The van der Waals surface area contributed by atoms with Gasteiger partial charge >= 0.3 is 0 Å². The van der Waals surface area contributed by atoms with Gasteiger partial charge in [-0.3, -0.25) is 0 Å². The Morgan fingerprint density at radius 2 is 1.84 bits per heavy atom. The van der Waals surface area contributed by atoms with Gasteiger partial charge < -0.3 is 10.1 Å². The number of aromatic nitrogens is 1. The number of alkyl halides is 1. The SMILES string of the molecule is Cc1ccc(S(=O)(=O)N2CCC[C@@H]2CF)c(N[C@@H]2CCCC[C@@H]2Oc2ccc(F)cc2)n1. The smallest absolute Gasteiger partial charge is 0.247 e. The summed E-state index contributed by atoms with van der Waals surface area (Å²) < 4.78 is 60.9. The van der Waals surface area contributed by atoms with Gasteiger partial charge in [-0.2, -0.15) is 4.31 Å². The lowest BCUT2D eigenvalue weighted by atomic mass is 9.92. The fourth-order valence-corrected chi connectivity index (χ4v) is 6.29. The molecule has 174 valence electrons. The molecule has 1 aliphatic carbocycles. The summed E-state index contributed by atoms with van der Waals surface area (Å²) in [6, 6.07) is 8.30. The Labute approximate surface area is 188 Å². The first-order valence-corrected chi connectivity index (χ1v) is 12.6. The third-order valence-corrected chi connectivity index (χ3v) is 8.19. The van der Waals surface area contributed by atoms with Crippen LogP contribution in [0.5, 0.6) is 5.75 Å². The van der Waals surface area contributed by atoms with E-state index in [2.05, 4.69) is 10.3 Å². The van der Waals surface area contributed by atoms with E-state index in [0.29, 0.717) is 30.8 Å². The molecule has 1 aromatic heterocycles. The van der Waals surface area contributed by atoms with Crippen molar-refractivity contribution in [3.63, 3.8) is 0 Å². The Kier molecular flexibility index (Phi) is 6.95. The largest absolute Gasteiger partial charge is 0.488 e. The van der Waals surface area contributed by atoms with Crippen LogP contribution < -0.4 is 10.1 Å². The number of pyridine rings is 1. The number of aryl methyl sites for hydroxylation is 1. The molecule has 4 rings (SSSR count). The fourth-order valence-electron chi connectivity index (χ4n) is 4.53. The average molecular weight is 466 g/mol. The summed E-state index contributed by atoms with van der Waals surface area (Å²) in [6.07, 6.45) is 4.50. The fraction of sp³-hybridized carbons (Fsp3) is 0.522. The summed E-state index contributed by atoms with van der Waals surface area (Å²) in [5.74, 6) is 0.509. The van der Waals surface area contributed by atoms with Crippen molar-refractivity contribution in [2.75, 3.05) is 18.5 Å². The molecule has 2 aromatic rings. The second-order valence-corrected chi connectivity index (χ2v) is 10.4. The number of sulfonamides is 1. The van der Waals surface area contributed by atoms with Crippen LogP contribution in [0.15, 0.2) is 41.3 Å². The normalized spacial score (nSPS) is 24.4. The highest BCUT2D eigenvalue weighted by molar-refractivity contribution is 7.89. The topological polar surface area (TPSA) is 71.5 Å². The lowest BCUT2D eigenvalue weighted by Gasteiger charge is -2.33. The van der Waals surface area contributed by atoms with E-state index in [1.165, 1.54) is 16.4 Å². The number of ether oxygens (including phenoxy) is 1. The molecule has 1 N–H and O–H groups in total. The van der Waals surface area contributed by atoms with Gasteiger partial charge in [0.15, 0.2) is 0 Å². The lowest BCUT2D eigenvalue weighted by Crippen LogP contribution is -2.42. The molecule has 0 unspecified atom stereocenters. The number of benzene rings is 1. The average Bonchev–Trinajstić information content (AvgIpc) is 3.27. The van der Waals surface area contributed by atoms with Crippen LogP contribution in [0.4, 0.5) is 14.6 Å². The van der Waals surface area contributed by atoms with Crippen molar-refractivity contribution in [3.8, 4) is 5.75 Å². The van der Waals surface area contributed by atoms with Gasteiger partial charge in [-0.25, -0.2) is 22.2 Å². The maximum atomic E-state index is 13.4. The Morgan fingerprint density at radius 3 is 2.59 bits per heavy atom.